The molecule has 0 saturated carbocycles. The number of rotatable bonds is 4. The number of aromatic hydroxyl groups is 1. The van der Waals surface area contributed by atoms with Gasteiger partial charge in [0.2, 0.25) is 5.91 Å². The van der Waals surface area contributed by atoms with Gasteiger partial charge in [-0.15, -0.1) is 0 Å². The van der Waals surface area contributed by atoms with E-state index in [9.17, 15) is 15.0 Å². The summed E-state index contributed by atoms with van der Waals surface area (Å²) in [6.45, 7) is 0.183. The van der Waals surface area contributed by atoms with Crippen molar-refractivity contribution in [3.05, 3.63) is 64.1 Å². The highest BCUT2D eigenvalue weighted by Gasteiger charge is 2.55. The second-order valence-electron chi connectivity index (χ2n) is 6.64. The number of carbonyl (C=O) groups is 1. The van der Waals surface area contributed by atoms with Gasteiger partial charge in [-0.2, -0.15) is 0 Å². The summed E-state index contributed by atoms with van der Waals surface area (Å²) in [7, 11) is 0. The van der Waals surface area contributed by atoms with Crippen molar-refractivity contribution in [1.82, 2.24) is 15.8 Å². The third-order valence-corrected chi connectivity index (χ3v) is 5.71. The minimum absolute atomic E-state index is 0.0422. The number of hydrazine groups is 1. The van der Waals surface area contributed by atoms with Crippen LogP contribution in [0.5, 0.6) is 5.75 Å². The third-order valence-electron chi connectivity index (χ3n) is 5.22. The molecule has 4 atom stereocenters. The van der Waals surface area contributed by atoms with Crippen molar-refractivity contribution in [3.8, 4) is 5.75 Å². The van der Waals surface area contributed by atoms with Gasteiger partial charge in [0.1, 0.15) is 11.8 Å². The highest BCUT2D eigenvalue weighted by atomic mass is 79.9. The Bertz CT molecular complexity index is 831. The van der Waals surface area contributed by atoms with E-state index >= 15 is 0 Å². The molecule has 2 aliphatic rings. The number of amides is 1. The standard InChI is InChI=1S/C19H20BrN3O3/c20-12-5-3-4-11(10-12)18-15-16(13-6-1-2-7-14(13)25)21-22-17(15)19(26)23(18)8-9-24/h1-7,10,15-18,21-22,24-25H,8-9H2. The normalized spacial score (nSPS) is 27.8. The SMILES string of the molecule is O=C1C2NNC(c3ccccc3O)C2C(c2cccc(Br)c2)N1CCO. The number of hydrogen-bond acceptors (Lipinski definition) is 5. The third kappa shape index (κ3) is 2.81. The number of halogens is 1. The van der Waals surface area contributed by atoms with Crippen LogP contribution < -0.4 is 10.9 Å². The lowest BCUT2D eigenvalue weighted by atomic mass is 9.83. The highest BCUT2D eigenvalue weighted by molar-refractivity contribution is 9.10. The van der Waals surface area contributed by atoms with E-state index in [0.717, 1.165) is 15.6 Å². The number of nitrogens with zero attached hydrogens (tertiary/aromatic N) is 1. The summed E-state index contributed by atoms with van der Waals surface area (Å²) >= 11 is 3.50. The maximum Gasteiger partial charge on any atom is 0.242 e. The van der Waals surface area contributed by atoms with Crippen LogP contribution in [0, 0.1) is 5.92 Å². The number of phenols is 1. The Morgan fingerprint density at radius 2 is 1.85 bits per heavy atom. The van der Waals surface area contributed by atoms with Gasteiger partial charge in [-0.1, -0.05) is 46.3 Å². The molecule has 0 spiro atoms. The quantitative estimate of drug-likeness (QED) is 0.610. The number of benzene rings is 2. The molecule has 136 valence electrons. The first-order valence-electron chi connectivity index (χ1n) is 8.57. The topological polar surface area (TPSA) is 84.8 Å². The van der Waals surface area contributed by atoms with Crippen LogP contribution in [0.25, 0.3) is 0 Å². The highest BCUT2D eigenvalue weighted by Crippen LogP contribution is 2.48. The first kappa shape index (κ1) is 17.5. The van der Waals surface area contributed by atoms with Crippen LogP contribution in [0.1, 0.15) is 23.2 Å². The van der Waals surface area contributed by atoms with Crippen LogP contribution >= 0.6 is 15.9 Å². The predicted molar refractivity (Wildman–Crippen MR) is 100 cm³/mol. The minimum atomic E-state index is -0.407. The van der Waals surface area contributed by atoms with E-state index < -0.39 is 6.04 Å². The van der Waals surface area contributed by atoms with E-state index in [-0.39, 0.29) is 42.8 Å². The summed E-state index contributed by atoms with van der Waals surface area (Å²) in [4.78, 5) is 14.7. The molecule has 2 fully saturated rings. The number of para-hydroxylation sites is 1. The van der Waals surface area contributed by atoms with Crippen LogP contribution in [0.15, 0.2) is 53.0 Å². The first-order chi connectivity index (χ1) is 12.6. The number of aliphatic hydroxyl groups is 1. The van der Waals surface area contributed by atoms with Crippen molar-refractivity contribution >= 4 is 21.8 Å². The largest absolute Gasteiger partial charge is 0.508 e. The average molecular weight is 418 g/mol. The molecule has 0 radical (unpaired) electrons. The number of fused-ring (bicyclic) bond motifs is 1. The van der Waals surface area contributed by atoms with Gasteiger partial charge < -0.3 is 15.1 Å². The summed E-state index contributed by atoms with van der Waals surface area (Å²) in [6.07, 6.45) is 0. The molecule has 2 aromatic carbocycles. The molecule has 4 rings (SSSR count). The molecule has 4 unspecified atom stereocenters. The van der Waals surface area contributed by atoms with Gasteiger partial charge in [-0.3, -0.25) is 4.79 Å². The van der Waals surface area contributed by atoms with E-state index in [4.69, 9.17) is 0 Å². The molecule has 2 aliphatic heterocycles. The Labute approximate surface area is 159 Å². The first-order valence-corrected chi connectivity index (χ1v) is 9.37. The van der Waals surface area contributed by atoms with Gasteiger partial charge in [0.25, 0.3) is 0 Å². The molecule has 7 heteroatoms. The zero-order chi connectivity index (χ0) is 18.3. The summed E-state index contributed by atoms with van der Waals surface area (Å²) in [5, 5.41) is 19.8. The van der Waals surface area contributed by atoms with Gasteiger partial charge in [-0.25, -0.2) is 10.9 Å². The fourth-order valence-corrected chi connectivity index (χ4v) is 4.58. The average Bonchev–Trinajstić information content (AvgIpc) is 3.16. The van der Waals surface area contributed by atoms with Crippen molar-refractivity contribution in [3.63, 3.8) is 0 Å². The monoisotopic (exact) mass is 417 g/mol. The van der Waals surface area contributed by atoms with Crippen molar-refractivity contribution in [2.45, 2.75) is 18.1 Å². The predicted octanol–water partition coefficient (Wildman–Crippen LogP) is 1.86. The summed E-state index contributed by atoms with van der Waals surface area (Å²) in [5.41, 5.74) is 8.05. The number of aliphatic hydroxyl groups excluding tert-OH is 1. The van der Waals surface area contributed by atoms with E-state index in [0.29, 0.717) is 0 Å². The lowest BCUT2D eigenvalue weighted by molar-refractivity contribution is -0.131. The molecule has 26 heavy (non-hydrogen) atoms. The van der Waals surface area contributed by atoms with E-state index in [1.807, 2.05) is 36.4 Å². The lowest BCUT2D eigenvalue weighted by Crippen LogP contribution is -2.42. The van der Waals surface area contributed by atoms with Crippen molar-refractivity contribution in [2.75, 3.05) is 13.2 Å². The van der Waals surface area contributed by atoms with Crippen molar-refractivity contribution in [1.29, 1.82) is 0 Å². The summed E-state index contributed by atoms with van der Waals surface area (Å²) < 4.78 is 0.938. The molecule has 6 nitrogen and oxygen atoms in total. The van der Waals surface area contributed by atoms with Crippen LogP contribution in [-0.4, -0.2) is 40.2 Å². The van der Waals surface area contributed by atoms with E-state index in [2.05, 4.69) is 26.8 Å². The second kappa shape index (κ2) is 7.00. The van der Waals surface area contributed by atoms with Gasteiger partial charge >= 0.3 is 0 Å². The molecule has 2 saturated heterocycles. The number of carbonyl (C=O) groups excluding carboxylic acids is 1. The number of hydrogen-bond donors (Lipinski definition) is 4. The Morgan fingerprint density at radius 3 is 2.58 bits per heavy atom. The molecule has 0 bridgehead atoms. The number of likely N-dealkylation sites (tertiary alicyclic amines) is 1. The Morgan fingerprint density at radius 1 is 1.08 bits per heavy atom. The van der Waals surface area contributed by atoms with Gasteiger partial charge in [0, 0.05) is 22.5 Å². The van der Waals surface area contributed by atoms with Gasteiger partial charge in [0.15, 0.2) is 0 Å². The van der Waals surface area contributed by atoms with Crippen molar-refractivity contribution < 1.29 is 15.0 Å². The number of phenolic OH excluding ortho intramolecular Hbond substituents is 1. The maximum atomic E-state index is 12.9. The fourth-order valence-electron chi connectivity index (χ4n) is 4.16. The Hall–Kier alpha value is -1.93. The smallest absolute Gasteiger partial charge is 0.242 e. The van der Waals surface area contributed by atoms with E-state index in [1.54, 1.807) is 17.0 Å². The molecular formula is C19H20BrN3O3. The molecule has 0 aliphatic carbocycles. The molecule has 1 amide bonds. The minimum Gasteiger partial charge on any atom is -0.508 e. The molecule has 4 N–H and O–H groups in total. The molecular weight excluding hydrogens is 398 g/mol. The van der Waals surface area contributed by atoms with Gasteiger partial charge in [-0.05, 0) is 23.8 Å². The zero-order valence-electron chi connectivity index (χ0n) is 14.0. The van der Waals surface area contributed by atoms with Crippen LogP contribution in [0.4, 0.5) is 0 Å². The zero-order valence-corrected chi connectivity index (χ0v) is 15.6. The number of nitrogens with one attached hydrogen (secondary N) is 2. The van der Waals surface area contributed by atoms with Crippen molar-refractivity contribution in [2.24, 2.45) is 5.92 Å². The molecule has 0 aromatic heterocycles. The Kier molecular flexibility index (Phi) is 4.71. The maximum absolute atomic E-state index is 12.9. The van der Waals surface area contributed by atoms with E-state index in [1.165, 1.54) is 0 Å². The van der Waals surface area contributed by atoms with Crippen LogP contribution in [-0.2, 0) is 4.79 Å². The van der Waals surface area contributed by atoms with Gasteiger partial charge in [0.05, 0.1) is 18.7 Å². The fraction of sp³-hybridized carbons (Fsp3) is 0.316. The lowest BCUT2D eigenvalue weighted by Gasteiger charge is -2.31. The van der Waals surface area contributed by atoms with Crippen LogP contribution in [0.2, 0.25) is 0 Å². The number of β-amino-alcohol motifs (C(OH)–C–C–N with tert-alkyl or cyclic N) is 1. The van der Waals surface area contributed by atoms with Crippen LogP contribution in [0.3, 0.4) is 0 Å². The summed E-state index contributed by atoms with van der Waals surface area (Å²) in [5.74, 6) is 0.0459. The Balaban J connectivity index is 1.79. The second-order valence-corrected chi connectivity index (χ2v) is 7.55. The summed E-state index contributed by atoms with van der Waals surface area (Å²) in [6, 6.07) is 14.2. The molecule has 2 heterocycles. The molecule has 2 aromatic rings.